The molecule has 3 nitrogen and oxygen atoms in total. The summed E-state index contributed by atoms with van der Waals surface area (Å²) in [5.41, 5.74) is 0. The Morgan fingerprint density at radius 1 is 1.62 bits per heavy atom. The molecular formula is C3H3B2NO2. The Hall–Kier alpha value is -0.600. The Bertz CT molecular complexity index is 124. The van der Waals surface area contributed by atoms with E-state index >= 15 is 0 Å². The molecule has 4 radical (unpaired) electrons. The van der Waals surface area contributed by atoms with Crippen molar-refractivity contribution in [3.05, 3.63) is 0 Å². The molecule has 0 amide bonds. The van der Waals surface area contributed by atoms with Crippen molar-refractivity contribution in [3.63, 3.8) is 0 Å². The van der Waals surface area contributed by atoms with Gasteiger partial charge in [-0.15, -0.1) is 0 Å². The van der Waals surface area contributed by atoms with Crippen molar-refractivity contribution >= 4 is 21.8 Å². The number of nitrogens with one attached hydrogen (secondary N) is 1. The van der Waals surface area contributed by atoms with Gasteiger partial charge in [-0.1, -0.05) is 0 Å². The molecule has 1 heterocycles. The molecule has 1 aliphatic rings. The van der Waals surface area contributed by atoms with Crippen molar-refractivity contribution < 1.29 is 9.47 Å². The van der Waals surface area contributed by atoms with Crippen LogP contribution in [0.15, 0.2) is 0 Å². The van der Waals surface area contributed by atoms with Gasteiger partial charge in [0.05, 0.1) is 5.40 Å². The first-order valence-corrected chi connectivity index (χ1v) is 2.08. The van der Waals surface area contributed by atoms with E-state index in [4.69, 9.17) is 21.1 Å². The normalized spacial score (nSPS) is 24.2. The average molecular weight is 107 g/mol. The molecule has 8 heavy (non-hydrogen) atoms. The van der Waals surface area contributed by atoms with Gasteiger partial charge in [0.1, 0.15) is 22.3 Å². The van der Waals surface area contributed by atoms with Gasteiger partial charge in [-0.05, 0) is 0 Å². The number of rotatable bonds is 0. The van der Waals surface area contributed by atoms with Gasteiger partial charge in [0, 0.05) is 0 Å². The smallest absolute Gasteiger partial charge is 0.379 e. The number of ether oxygens (including phenoxy) is 2. The summed E-state index contributed by atoms with van der Waals surface area (Å²) in [5, 5.41) is 5.42. The predicted molar refractivity (Wildman–Crippen MR) is 29.0 cm³/mol. The Morgan fingerprint density at radius 3 is 2.38 bits per heavy atom. The minimum absolute atomic E-state index is 0.0475. The maximum absolute atomic E-state index is 6.70. The zero-order valence-corrected chi connectivity index (χ0v) is 4.18. The van der Waals surface area contributed by atoms with E-state index in [0.717, 1.165) is 0 Å². The lowest BCUT2D eigenvalue weighted by Gasteiger charge is -2.11. The van der Waals surface area contributed by atoms with Crippen molar-refractivity contribution in [3.8, 4) is 0 Å². The van der Waals surface area contributed by atoms with Crippen molar-refractivity contribution in [2.75, 3.05) is 6.61 Å². The molecule has 1 N–H and O–H groups in total. The highest BCUT2D eigenvalue weighted by Crippen LogP contribution is 2.09. The van der Waals surface area contributed by atoms with E-state index in [1.807, 2.05) is 0 Å². The van der Waals surface area contributed by atoms with Gasteiger partial charge in [0.25, 0.3) is 0 Å². The quantitative estimate of drug-likeness (QED) is 0.401. The fourth-order valence-electron chi connectivity index (χ4n) is 0.410. The molecule has 38 valence electrons. The van der Waals surface area contributed by atoms with Gasteiger partial charge in [-0.25, -0.2) is 5.41 Å². The molecule has 1 fully saturated rings. The third-order valence-electron chi connectivity index (χ3n) is 0.712. The van der Waals surface area contributed by atoms with E-state index in [2.05, 4.69) is 9.47 Å². The fourth-order valence-corrected chi connectivity index (χ4v) is 0.410. The van der Waals surface area contributed by atoms with E-state index in [-0.39, 0.29) is 12.7 Å². The molecule has 0 aromatic rings. The second kappa shape index (κ2) is 1.44. The molecule has 0 saturated carbocycles. The second-order valence-corrected chi connectivity index (χ2v) is 1.63. The van der Waals surface area contributed by atoms with Gasteiger partial charge in [0.15, 0.2) is 0 Å². The number of hydrogen-bond acceptors (Lipinski definition) is 3. The lowest BCUT2D eigenvalue weighted by molar-refractivity contribution is 0.268. The van der Waals surface area contributed by atoms with Crippen LogP contribution in [-0.2, 0) is 9.47 Å². The zero-order valence-electron chi connectivity index (χ0n) is 4.18. The van der Waals surface area contributed by atoms with E-state index in [1.54, 1.807) is 0 Å². The van der Waals surface area contributed by atoms with E-state index in [0.29, 0.717) is 0 Å². The van der Waals surface area contributed by atoms with Crippen LogP contribution in [0.5, 0.6) is 0 Å². The third-order valence-corrected chi connectivity index (χ3v) is 0.712. The minimum Gasteiger partial charge on any atom is -0.461 e. The van der Waals surface area contributed by atoms with E-state index < -0.39 is 5.40 Å². The molecule has 0 aliphatic carbocycles. The van der Waals surface area contributed by atoms with Crippen molar-refractivity contribution in [1.82, 2.24) is 0 Å². The molecule has 1 aliphatic heterocycles. The molecule has 5 heteroatoms. The van der Waals surface area contributed by atoms with Crippen LogP contribution in [-0.4, -0.2) is 33.8 Å². The van der Waals surface area contributed by atoms with Crippen LogP contribution in [0.3, 0.4) is 0 Å². The monoisotopic (exact) mass is 107 g/mol. The summed E-state index contributed by atoms with van der Waals surface area (Å²) in [7, 11) is 10.3. The lowest BCUT2D eigenvalue weighted by Crippen LogP contribution is -2.32. The Kier molecular flexibility index (Phi) is 0.993. The van der Waals surface area contributed by atoms with Gasteiger partial charge < -0.3 is 9.47 Å². The fraction of sp³-hybridized carbons (Fsp3) is 0.667. The topological polar surface area (TPSA) is 42.3 Å². The molecular weight excluding hydrogens is 104 g/mol. The number of hydrogen-bond donors (Lipinski definition) is 1. The lowest BCUT2D eigenvalue weighted by atomic mass is 9.66. The predicted octanol–water partition coefficient (Wildman–Crippen LogP) is -1.04. The zero-order chi connectivity index (χ0) is 6.20. The molecule has 1 rings (SSSR count). The SMILES string of the molecule is [B]C1([B])COC(=N)O1. The largest absolute Gasteiger partial charge is 0.461 e. The van der Waals surface area contributed by atoms with Gasteiger partial charge in [-0.3, -0.25) is 0 Å². The standard InChI is InChI=1S/C3H3B2NO2/c4-3(5)1-7-2(6)8-3/h6H,1H2. The molecule has 0 bridgehead atoms. The minimum atomic E-state index is -1.28. The third kappa shape index (κ3) is 0.967. The molecule has 0 aromatic carbocycles. The van der Waals surface area contributed by atoms with Gasteiger partial charge in [-0.2, -0.15) is 0 Å². The summed E-state index contributed by atoms with van der Waals surface area (Å²) >= 11 is 0. The van der Waals surface area contributed by atoms with Crippen LogP contribution < -0.4 is 0 Å². The Labute approximate surface area is 49.7 Å². The highest BCUT2D eigenvalue weighted by molar-refractivity contribution is 6.40. The van der Waals surface area contributed by atoms with Gasteiger partial charge >= 0.3 is 6.08 Å². The van der Waals surface area contributed by atoms with Crippen molar-refractivity contribution in [1.29, 1.82) is 5.41 Å². The highest BCUT2D eigenvalue weighted by Gasteiger charge is 2.28. The van der Waals surface area contributed by atoms with E-state index in [9.17, 15) is 0 Å². The maximum atomic E-state index is 6.70. The first-order valence-electron chi connectivity index (χ1n) is 2.08. The van der Waals surface area contributed by atoms with Crippen LogP contribution >= 0.6 is 0 Å². The molecule has 1 saturated heterocycles. The second-order valence-electron chi connectivity index (χ2n) is 1.63. The Balaban J connectivity index is 2.56. The highest BCUT2D eigenvalue weighted by atomic mass is 16.7. The first-order chi connectivity index (χ1) is 3.60. The summed E-state index contributed by atoms with van der Waals surface area (Å²) in [5.74, 6) is 0. The van der Waals surface area contributed by atoms with Crippen LogP contribution in [0.4, 0.5) is 0 Å². The summed E-state index contributed by atoms with van der Waals surface area (Å²) in [6.45, 7) is 0.0475. The van der Waals surface area contributed by atoms with Crippen molar-refractivity contribution in [2.24, 2.45) is 0 Å². The summed E-state index contributed by atoms with van der Waals surface area (Å²) in [4.78, 5) is 0. The first kappa shape index (κ1) is 5.54. The van der Waals surface area contributed by atoms with Crippen LogP contribution in [0.2, 0.25) is 0 Å². The summed E-state index contributed by atoms with van der Waals surface area (Å²) in [6.07, 6.45) is -0.310. The molecule has 0 atom stereocenters. The maximum Gasteiger partial charge on any atom is 0.379 e. The summed E-state index contributed by atoms with van der Waals surface area (Å²) in [6, 6.07) is 0. The molecule has 0 aromatic heterocycles. The Morgan fingerprint density at radius 2 is 2.25 bits per heavy atom. The average Bonchev–Trinajstić information content (AvgIpc) is 1.82. The molecule has 0 unspecified atom stereocenters. The van der Waals surface area contributed by atoms with E-state index in [1.165, 1.54) is 0 Å². The van der Waals surface area contributed by atoms with Crippen LogP contribution in [0, 0.1) is 5.41 Å². The van der Waals surface area contributed by atoms with Gasteiger partial charge in [0.2, 0.25) is 0 Å². The van der Waals surface area contributed by atoms with Crippen LogP contribution in [0.1, 0.15) is 0 Å². The van der Waals surface area contributed by atoms with Crippen molar-refractivity contribution in [2.45, 2.75) is 5.40 Å². The summed E-state index contributed by atoms with van der Waals surface area (Å²) < 4.78 is 8.94. The van der Waals surface area contributed by atoms with Crippen LogP contribution in [0.25, 0.3) is 0 Å². The molecule has 0 spiro atoms.